The average Bonchev–Trinajstić information content (AvgIpc) is 2.46. The molecule has 0 aromatic carbocycles. The maximum absolute atomic E-state index is 9.05. The number of rotatable bonds is 11. The van der Waals surface area contributed by atoms with Gasteiger partial charge in [0, 0.05) is 41.6 Å². The second kappa shape index (κ2) is 10.6. The molecule has 0 aliphatic rings. The van der Waals surface area contributed by atoms with E-state index in [1.807, 2.05) is 0 Å². The van der Waals surface area contributed by atoms with Gasteiger partial charge in [0.05, 0.1) is 12.4 Å². The number of nitrogens with one attached hydrogen (secondary N) is 2. The molecule has 0 fully saturated rings. The van der Waals surface area contributed by atoms with Crippen LogP contribution in [0.4, 0.5) is 0 Å². The minimum absolute atomic E-state index is 0.0601. The smallest absolute Gasteiger partial charge is 0.0952 e. The monoisotopic (exact) mass is 314 g/mol. The van der Waals surface area contributed by atoms with Crippen LogP contribution in [-0.2, 0) is 0 Å². The fourth-order valence-corrected chi connectivity index (χ4v) is 2.78. The van der Waals surface area contributed by atoms with Gasteiger partial charge >= 0.3 is 0 Å². The van der Waals surface area contributed by atoms with Crippen LogP contribution in [0.2, 0.25) is 0 Å². The van der Waals surface area contributed by atoms with Gasteiger partial charge in [-0.25, -0.2) is 0 Å². The molecule has 0 radical (unpaired) electrons. The van der Waals surface area contributed by atoms with Gasteiger partial charge in [0.2, 0.25) is 0 Å². The molecule has 0 rings (SSSR count). The van der Waals surface area contributed by atoms with Crippen molar-refractivity contribution in [1.29, 1.82) is 0 Å². The highest BCUT2D eigenvalue weighted by Crippen LogP contribution is 2.30. The summed E-state index contributed by atoms with van der Waals surface area (Å²) in [6.07, 6.45) is 1.51. The van der Waals surface area contributed by atoms with Crippen LogP contribution in [0.25, 0.3) is 0 Å². The fraction of sp³-hybridized carbons (Fsp3) is 0.600. The van der Waals surface area contributed by atoms with Gasteiger partial charge in [0.1, 0.15) is 0 Å². The zero-order chi connectivity index (χ0) is 16.4. The Morgan fingerprint density at radius 2 is 2.00 bits per heavy atom. The number of hydrogen-bond acceptors (Lipinski definition) is 6. The maximum atomic E-state index is 9.05. The minimum Gasteiger partial charge on any atom is -0.401 e. The second-order valence-corrected chi connectivity index (χ2v) is 6.11. The van der Waals surface area contributed by atoms with Crippen LogP contribution in [0.1, 0.15) is 26.7 Å². The molecule has 0 spiro atoms. The van der Waals surface area contributed by atoms with Crippen LogP contribution < -0.4 is 22.1 Å². The van der Waals surface area contributed by atoms with Crippen LogP contribution in [0.15, 0.2) is 35.3 Å². The molecule has 0 aromatic rings. The van der Waals surface area contributed by atoms with Gasteiger partial charge in [-0.05, 0) is 12.3 Å². The van der Waals surface area contributed by atoms with Crippen LogP contribution in [-0.4, -0.2) is 30.6 Å². The second-order valence-electron chi connectivity index (χ2n) is 5.09. The number of allylic oxidation sites excluding steroid dienone is 1. The molecule has 0 saturated carbocycles. The first kappa shape index (κ1) is 19.9. The summed E-state index contributed by atoms with van der Waals surface area (Å²) in [4.78, 5) is 1.12. The van der Waals surface area contributed by atoms with E-state index in [1.165, 1.54) is 0 Å². The highest BCUT2D eigenvalue weighted by molar-refractivity contribution is 8.03. The Morgan fingerprint density at radius 3 is 2.48 bits per heavy atom. The highest BCUT2D eigenvalue weighted by atomic mass is 32.2. The van der Waals surface area contributed by atoms with Gasteiger partial charge < -0.3 is 27.2 Å². The number of aliphatic hydroxyl groups is 1. The van der Waals surface area contributed by atoms with E-state index in [1.54, 1.807) is 18.8 Å². The van der Waals surface area contributed by atoms with Gasteiger partial charge in [0.25, 0.3) is 0 Å². The minimum atomic E-state index is -0.310. The van der Waals surface area contributed by atoms with Crippen LogP contribution in [0.3, 0.4) is 0 Å². The molecule has 0 saturated heterocycles. The van der Waals surface area contributed by atoms with Crippen LogP contribution in [0, 0.1) is 5.92 Å². The van der Waals surface area contributed by atoms with Gasteiger partial charge in [-0.2, -0.15) is 0 Å². The van der Waals surface area contributed by atoms with Crippen molar-refractivity contribution < 1.29 is 5.11 Å². The first-order valence-corrected chi connectivity index (χ1v) is 8.13. The van der Waals surface area contributed by atoms with E-state index in [-0.39, 0.29) is 12.6 Å². The van der Waals surface area contributed by atoms with E-state index in [0.717, 1.165) is 22.7 Å². The third-order valence-electron chi connectivity index (χ3n) is 3.12. The summed E-state index contributed by atoms with van der Waals surface area (Å²) in [5, 5.41) is 15.1. The lowest BCUT2D eigenvalue weighted by atomic mass is 10.0. The van der Waals surface area contributed by atoms with E-state index in [9.17, 15) is 0 Å². The first-order chi connectivity index (χ1) is 9.85. The summed E-state index contributed by atoms with van der Waals surface area (Å²) < 4.78 is 0. The zero-order valence-corrected chi connectivity index (χ0v) is 14.2. The molecular weight excluding hydrogens is 284 g/mol. The van der Waals surface area contributed by atoms with Crippen molar-refractivity contribution in [2.45, 2.75) is 32.7 Å². The van der Waals surface area contributed by atoms with E-state index in [2.05, 4.69) is 37.6 Å². The summed E-state index contributed by atoms with van der Waals surface area (Å²) in [5.74, 6) is 1.78. The molecule has 6 heteroatoms. The van der Waals surface area contributed by atoms with E-state index >= 15 is 0 Å². The zero-order valence-electron chi connectivity index (χ0n) is 13.4. The molecular formula is C15H30N4OS. The third kappa shape index (κ3) is 8.04. The van der Waals surface area contributed by atoms with Crippen molar-refractivity contribution in [2.24, 2.45) is 17.4 Å². The van der Waals surface area contributed by atoms with Gasteiger partial charge in [-0.3, -0.25) is 0 Å². The molecule has 0 aliphatic heterocycles. The Balaban J connectivity index is 4.74. The Hall–Kier alpha value is -1.11. The Kier molecular flexibility index (Phi) is 10.0. The average molecular weight is 314 g/mol. The molecule has 0 aliphatic carbocycles. The molecule has 0 amide bonds. The van der Waals surface area contributed by atoms with E-state index < -0.39 is 0 Å². The molecule has 0 aromatic heterocycles. The van der Waals surface area contributed by atoms with Crippen molar-refractivity contribution in [3.05, 3.63) is 35.3 Å². The lowest BCUT2D eigenvalue weighted by Gasteiger charge is -2.20. The van der Waals surface area contributed by atoms with Crippen LogP contribution in [0.5, 0.6) is 0 Å². The normalized spacial score (nSPS) is 14.9. The number of aliphatic hydroxyl groups excluding tert-OH is 1. The Morgan fingerprint density at radius 1 is 1.38 bits per heavy atom. The molecule has 2 unspecified atom stereocenters. The summed E-state index contributed by atoms with van der Waals surface area (Å²) in [7, 11) is 1.80. The number of nitrogens with two attached hydrogens (primary N) is 2. The van der Waals surface area contributed by atoms with Crippen molar-refractivity contribution in [3.8, 4) is 0 Å². The largest absolute Gasteiger partial charge is 0.401 e. The van der Waals surface area contributed by atoms with Crippen molar-refractivity contribution >= 4 is 11.8 Å². The summed E-state index contributed by atoms with van der Waals surface area (Å²) in [6, 6.07) is -0.310. The van der Waals surface area contributed by atoms with Crippen molar-refractivity contribution in [2.75, 3.05) is 19.4 Å². The van der Waals surface area contributed by atoms with Crippen LogP contribution >= 0.6 is 11.8 Å². The summed E-state index contributed by atoms with van der Waals surface area (Å²) in [5.41, 5.74) is 13.6. The van der Waals surface area contributed by atoms with Gasteiger partial charge in [-0.15, -0.1) is 11.8 Å². The van der Waals surface area contributed by atoms with E-state index in [4.69, 9.17) is 16.6 Å². The van der Waals surface area contributed by atoms with Gasteiger partial charge in [-0.1, -0.05) is 27.0 Å². The SMILES string of the molecule is C=C(CS/C(=C(\N)CC(N)CO)C(C)CC)NC(=C)NC. The standard InChI is InChI=1S/C15H30N4OS/c1-6-10(2)15(14(17)7-13(16)8-20)21-9-11(3)19-12(4)18-5/h10,13,18-20H,3-4,6-9,16-17H2,1-2,5H3/b15-14-. The topological polar surface area (TPSA) is 96.3 Å². The molecule has 0 bridgehead atoms. The van der Waals surface area contributed by atoms with Crippen molar-refractivity contribution in [3.63, 3.8) is 0 Å². The Bertz CT molecular complexity index is 382. The van der Waals surface area contributed by atoms with Gasteiger partial charge in [0.15, 0.2) is 0 Å². The fourth-order valence-electron chi connectivity index (χ4n) is 1.66. The molecule has 0 heterocycles. The van der Waals surface area contributed by atoms with E-state index in [0.29, 0.717) is 23.9 Å². The Labute approximate surface area is 132 Å². The predicted octanol–water partition coefficient (Wildman–Crippen LogP) is 1.44. The molecule has 122 valence electrons. The molecule has 2 atom stereocenters. The maximum Gasteiger partial charge on any atom is 0.0952 e. The number of thioether (sulfide) groups is 1. The third-order valence-corrected chi connectivity index (χ3v) is 4.59. The number of hydrogen-bond donors (Lipinski definition) is 5. The lowest BCUT2D eigenvalue weighted by Crippen LogP contribution is -2.27. The predicted molar refractivity (Wildman–Crippen MR) is 93.3 cm³/mol. The highest BCUT2D eigenvalue weighted by Gasteiger charge is 2.14. The summed E-state index contributed by atoms with van der Waals surface area (Å²) >= 11 is 1.66. The quantitative estimate of drug-likeness (QED) is 0.396. The molecule has 7 N–H and O–H groups in total. The van der Waals surface area contributed by atoms with Crippen molar-refractivity contribution in [1.82, 2.24) is 10.6 Å². The summed E-state index contributed by atoms with van der Waals surface area (Å²) in [6.45, 7) is 12.0. The lowest BCUT2D eigenvalue weighted by molar-refractivity contribution is 0.264. The first-order valence-electron chi connectivity index (χ1n) is 7.14. The molecule has 21 heavy (non-hydrogen) atoms. The molecule has 5 nitrogen and oxygen atoms in total.